The highest BCUT2D eigenvalue weighted by atomic mass is 19.3. The zero-order chi connectivity index (χ0) is 10.0. The van der Waals surface area contributed by atoms with E-state index in [0.29, 0.717) is 6.07 Å². The Morgan fingerprint density at radius 2 is 2.08 bits per heavy atom. The lowest BCUT2D eigenvalue weighted by Crippen LogP contribution is -2.12. The smallest absolute Gasteiger partial charge is 0.268 e. The fourth-order valence-corrected chi connectivity index (χ4v) is 0.877. The van der Waals surface area contributed by atoms with E-state index in [1.807, 2.05) is 0 Å². The first-order chi connectivity index (χ1) is 6.06. The molecule has 1 heterocycles. The van der Waals surface area contributed by atoms with Crippen molar-refractivity contribution in [2.45, 2.75) is 6.43 Å². The van der Waals surface area contributed by atoms with Gasteiger partial charge in [0.05, 0.1) is 5.56 Å². The van der Waals surface area contributed by atoms with Gasteiger partial charge in [-0.15, -0.1) is 0 Å². The molecule has 0 aliphatic carbocycles. The second-order valence-corrected chi connectivity index (χ2v) is 2.24. The number of hydrogen-bond acceptors (Lipinski definition) is 2. The lowest BCUT2D eigenvalue weighted by atomic mass is 10.1. The van der Waals surface area contributed by atoms with Crippen molar-refractivity contribution in [1.29, 1.82) is 0 Å². The van der Waals surface area contributed by atoms with Gasteiger partial charge < -0.3 is 0 Å². The molecule has 0 aromatic carbocycles. The first-order valence-corrected chi connectivity index (χ1v) is 3.22. The van der Waals surface area contributed by atoms with Gasteiger partial charge in [-0.2, -0.15) is 4.39 Å². The number of carbonyl (C=O) groups is 1. The molecule has 0 fully saturated rings. The van der Waals surface area contributed by atoms with Crippen LogP contribution in [0, 0.1) is 5.95 Å². The van der Waals surface area contributed by atoms with Gasteiger partial charge in [-0.05, 0) is 0 Å². The lowest BCUT2D eigenvalue weighted by Gasteiger charge is -2.02. The van der Waals surface area contributed by atoms with Gasteiger partial charge in [0, 0.05) is 11.6 Å². The largest absolute Gasteiger partial charge is 0.298 e. The number of hydrogen-bond donors (Lipinski definition) is 1. The summed E-state index contributed by atoms with van der Waals surface area (Å²) in [5.41, 5.74) is -2.63. The Hall–Kier alpha value is -1.59. The Bertz CT molecular complexity index is 386. The topological polar surface area (TPSA) is 49.9 Å². The minimum Gasteiger partial charge on any atom is -0.298 e. The first kappa shape index (κ1) is 9.50. The van der Waals surface area contributed by atoms with Crippen LogP contribution < -0.4 is 5.56 Å². The molecule has 13 heavy (non-hydrogen) atoms. The Balaban J connectivity index is 3.47. The molecule has 1 N–H and O–H groups in total. The van der Waals surface area contributed by atoms with Crippen LogP contribution in [0.2, 0.25) is 0 Å². The van der Waals surface area contributed by atoms with E-state index in [-0.39, 0.29) is 6.29 Å². The maximum Gasteiger partial charge on any atom is 0.268 e. The average Bonchev–Trinajstić information content (AvgIpc) is 2.01. The van der Waals surface area contributed by atoms with Crippen LogP contribution in [0.3, 0.4) is 0 Å². The number of aromatic amines is 1. The van der Waals surface area contributed by atoms with Crippen LogP contribution in [-0.4, -0.2) is 11.3 Å². The molecular formula is C7H4F3NO2. The summed E-state index contributed by atoms with van der Waals surface area (Å²) in [5.74, 6) is -1.47. The highest BCUT2D eigenvalue weighted by molar-refractivity contribution is 5.77. The molecule has 0 unspecified atom stereocenters. The third-order valence-corrected chi connectivity index (χ3v) is 1.41. The first-order valence-electron chi connectivity index (χ1n) is 3.22. The maximum atomic E-state index is 12.7. The van der Waals surface area contributed by atoms with Crippen LogP contribution >= 0.6 is 0 Å². The molecule has 6 heteroatoms. The summed E-state index contributed by atoms with van der Waals surface area (Å²) in [7, 11) is 0. The minimum absolute atomic E-state index is 0.0137. The molecule has 0 aliphatic rings. The number of nitrogens with one attached hydrogen (secondary N) is 1. The molecule has 0 spiro atoms. The summed E-state index contributed by atoms with van der Waals surface area (Å²) in [5, 5.41) is 0. The van der Waals surface area contributed by atoms with E-state index in [1.165, 1.54) is 4.98 Å². The molecule has 70 valence electrons. The number of pyridine rings is 1. The van der Waals surface area contributed by atoms with Gasteiger partial charge in [0.2, 0.25) is 5.95 Å². The molecular weight excluding hydrogens is 187 g/mol. The van der Waals surface area contributed by atoms with Gasteiger partial charge >= 0.3 is 0 Å². The number of carbonyl (C=O) groups excluding carboxylic acids is 1. The second kappa shape index (κ2) is 3.42. The second-order valence-electron chi connectivity index (χ2n) is 2.24. The predicted molar refractivity (Wildman–Crippen MR) is 37.4 cm³/mol. The van der Waals surface area contributed by atoms with Crippen LogP contribution in [0.1, 0.15) is 22.3 Å². The third kappa shape index (κ3) is 1.77. The van der Waals surface area contributed by atoms with Crippen molar-refractivity contribution < 1.29 is 18.0 Å². The molecule has 1 aromatic heterocycles. The average molecular weight is 191 g/mol. The van der Waals surface area contributed by atoms with Crippen molar-refractivity contribution in [3.63, 3.8) is 0 Å². The molecule has 3 nitrogen and oxygen atoms in total. The van der Waals surface area contributed by atoms with Crippen LogP contribution in [0.4, 0.5) is 13.2 Å². The van der Waals surface area contributed by atoms with E-state index in [2.05, 4.69) is 0 Å². The number of H-pyrrole nitrogens is 1. The van der Waals surface area contributed by atoms with Crippen molar-refractivity contribution in [1.82, 2.24) is 4.98 Å². The lowest BCUT2D eigenvalue weighted by molar-refractivity contribution is 0.110. The summed E-state index contributed by atoms with van der Waals surface area (Å²) < 4.78 is 36.8. The zero-order valence-electron chi connectivity index (χ0n) is 6.18. The quantitative estimate of drug-likeness (QED) is 0.565. The Morgan fingerprint density at radius 1 is 1.46 bits per heavy atom. The summed E-state index contributed by atoms with van der Waals surface area (Å²) >= 11 is 0. The van der Waals surface area contributed by atoms with Gasteiger partial charge in [0.1, 0.15) is 0 Å². The van der Waals surface area contributed by atoms with E-state index in [1.54, 1.807) is 0 Å². The fourth-order valence-electron chi connectivity index (χ4n) is 0.877. The minimum atomic E-state index is -3.13. The van der Waals surface area contributed by atoms with Gasteiger partial charge in [-0.25, -0.2) is 8.78 Å². The fraction of sp³-hybridized carbons (Fsp3) is 0.143. The normalized spacial score (nSPS) is 10.5. The molecule has 1 rings (SSSR count). The van der Waals surface area contributed by atoms with Crippen molar-refractivity contribution in [3.05, 3.63) is 33.5 Å². The number of halogens is 3. The van der Waals surface area contributed by atoms with E-state index in [9.17, 15) is 22.8 Å². The summed E-state index contributed by atoms with van der Waals surface area (Å²) in [6.07, 6.45) is -3.11. The highest BCUT2D eigenvalue weighted by Gasteiger charge is 2.19. The SMILES string of the molecule is O=Cc1cc(=O)[nH]c(F)c1C(F)F. The Labute approximate surface area is 70.2 Å². The highest BCUT2D eigenvalue weighted by Crippen LogP contribution is 2.22. The van der Waals surface area contributed by atoms with Crippen molar-refractivity contribution in [2.75, 3.05) is 0 Å². The predicted octanol–water partition coefficient (Wildman–Crippen LogP) is 1.26. The summed E-state index contributed by atoms with van der Waals surface area (Å²) in [6.45, 7) is 0. The van der Waals surface area contributed by atoms with Crippen molar-refractivity contribution in [2.24, 2.45) is 0 Å². The summed E-state index contributed by atoms with van der Waals surface area (Å²) in [6, 6.07) is 0.623. The zero-order valence-corrected chi connectivity index (χ0v) is 6.18. The summed E-state index contributed by atoms with van der Waals surface area (Å²) in [4.78, 5) is 22.3. The molecule has 0 saturated carbocycles. The van der Waals surface area contributed by atoms with Crippen LogP contribution in [0.15, 0.2) is 10.9 Å². The van der Waals surface area contributed by atoms with E-state index >= 15 is 0 Å². The molecule has 0 bridgehead atoms. The van der Waals surface area contributed by atoms with Gasteiger partial charge in [0.15, 0.2) is 6.29 Å². The Kier molecular flexibility index (Phi) is 2.50. The monoisotopic (exact) mass is 191 g/mol. The van der Waals surface area contributed by atoms with Gasteiger partial charge in [-0.3, -0.25) is 14.6 Å². The van der Waals surface area contributed by atoms with Crippen molar-refractivity contribution >= 4 is 6.29 Å². The molecule has 0 radical (unpaired) electrons. The van der Waals surface area contributed by atoms with E-state index in [4.69, 9.17) is 0 Å². The molecule has 0 amide bonds. The van der Waals surface area contributed by atoms with E-state index in [0.717, 1.165) is 0 Å². The molecule has 0 atom stereocenters. The van der Waals surface area contributed by atoms with Gasteiger partial charge in [-0.1, -0.05) is 0 Å². The van der Waals surface area contributed by atoms with Crippen LogP contribution in [0.25, 0.3) is 0 Å². The van der Waals surface area contributed by atoms with Crippen LogP contribution in [-0.2, 0) is 0 Å². The van der Waals surface area contributed by atoms with Crippen molar-refractivity contribution in [3.8, 4) is 0 Å². The van der Waals surface area contributed by atoms with Gasteiger partial charge in [0.25, 0.3) is 12.0 Å². The maximum absolute atomic E-state index is 12.7. The third-order valence-electron chi connectivity index (χ3n) is 1.41. The Morgan fingerprint density at radius 3 is 2.54 bits per heavy atom. The van der Waals surface area contributed by atoms with E-state index < -0.39 is 29.1 Å². The standard InChI is InChI=1S/C7H4F3NO2/c8-6(9)5-3(2-12)1-4(13)11-7(5)10/h1-2,6H,(H,11,13). The molecule has 0 aliphatic heterocycles. The number of aldehydes is 1. The number of alkyl halides is 2. The number of rotatable bonds is 2. The van der Waals surface area contributed by atoms with Crippen LogP contribution in [0.5, 0.6) is 0 Å². The number of aromatic nitrogens is 1. The molecule has 1 aromatic rings. The molecule has 0 saturated heterocycles.